The Morgan fingerprint density at radius 1 is 1.02 bits per heavy atom. The van der Waals surface area contributed by atoms with E-state index in [1.807, 2.05) is 47.1 Å². The Kier molecular flexibility index (Phi) is 8.43. The van der Waals surface area contributed by atoms with Crippen LogP contribution in [0.2, 0.25) is 0 Å². The number of hydrogen-bond acceptors (Lipinski definition) is 5. The summed E-state index contributed by atoms with van der Waals surface area (Å²) in [5, 5.41) is 4.82. The first-order valence-corrected chi connectivity index (χ1v) is 16.3. The molecule has 0 amide bonds. The van der Waals surface area contributed by atoms with Crippen LogP contribution in [0.5, 0.6) is 0 Å². The molecule has 4 aromatic rings. The molecule has 1 saturated carbocycles. The lowest BCUT2D eigenvalue weighted by Crippen LogP contribution is -2.50. The molecule has 45 heavy (non-hydrogen) atoms. The van der Waals surface area contributed by atoms with E-state index in [-0.39, 0.29) is 23.1 Å². The van der Waals surface area contributed by atoms with Crippen molar-refractivity contribution in [3.8, 4) is 16.9 Å². The monoisotopic (exact) mass is 604 g/mol. The lowest BCUT2D eigenvalue weighted by atomic mass is 9.49. The molecule has 2 aromatic heterocycles. The highest BCUT2D eigenvalue weighted by atomic mass is 16.5. The zero-order valence-electron chi connectivity index (χ0n) is 27.2. The summed E-state index contributed by atoms with van der Waals surface area (Å²) in [6.45, 7) is 8.84. The number of aromatic nitrogens is 2. The summed E-state index contributed by atoms with van der Waals surface area (Å²) < 4.78 is 13.0. The number of allylic oxidation sites excluding steroid dienone is 2. The second-order valence-corrected chi connectivity index (χ2v) is 13.3. The summed E-state index contributed by atoms with van der Waals surface area (Å²) in [4.78, 5) is 27.0. The molecular weight excluding hydrogens is 560 g/mol. The van der Waals surface area contributed by atoms with Gasteiger partial charge in [-0.15, -0.1) is 0 Å². The third-order valence-electron chi connectivity index (χ3n) is 10.8. The van der Waals surface area contributed by atoms with E-state index in [2.05, 4.69) is 52.0 Å². The minimum atomic E-state index is -0.476. The van der Waals surface area contributed by atoms with E-state index in [1.165, 1.54) is 23.8 Å². The number of ether oxygens (including phenoxy) is 1. The highest BCUT2D eigenvalue weighted by Crippen LogP contribution is 2.60. The molecule has 0 radical (unpaired) electrons. The van der Waals surface area contributed by atoms with Crippen molar-refractivity contribution in [2.24, 2.45) is 16.7 Å². The van der Waals surface area contributed by atoms with Crippen LogP contribution >= 0.6 is 0 Å². The fourth-order valence-electron chi connectivity index (χ4n) is 8.33. The lowest BCUT2D eigenvalue weighted by molar-refractivity contribution is -0.163. The number of para-hydroxylation sites is 1. The van der Waals surface area contributed by atoms with Crippen LogP contribution in [0.3, 0.4) is 0 Å². The SMILES string of the molecule is CCc1ccc(-c2cc(C(=O)c3occc3CCC3=C(C)CC[C@H]4[C@@](C)(C(=O)OC)CCC[C@]34C)nn2-c2ccccc2)cc1. The Hall–Kier alpha value is -4.19. The van der Waals surface area contributed by atoms with Gasteiger partial charge in [-0.25, -0.2) is 4.68 Å². The molecule has 3 atom stereocenters. The van der Waals surface area contributed by atoms with Crippen LogP contribution in [0.4, 0.5) is 0 Å². The van der Waals surface area contributed by atoms with Gasteiger partial charge in [0.15, 0.2) is 5.76 Å². The predicted molar refractivity (Wildman–Crippen MR) is 176 cm³/mol. The van der Waals surface area contributed by atoms with E-state index < -0.39 is 5.41 Å². The molecule has 6 rings (SSSR count). The Morgan fingerprint density at radius 2 is 1.78 bits per heavy atom. The molecule has 6 heteroatoms. The molecule has 234 valence electrons. The third-order valence-corrected chi connectivity index (χ3v) is 10.8. The van der Waals surface area contributed by atoms with E-state index in [0.29, 0.717) is 17.9 Å². The number of aryl methyl sites for hydroxylation is 2. The third kappa shape index (κ3) is 5.49. The molecule has 0 aliphatic heterocycles. The van der Waals surface area contributed by atoms with Crippen LogP contribution in [0.25, 0.3) is 16.9 Å². The lowest BCUT2D eigenvalue weighted by Gasteiger charge is -2.54. The number of furan rings is 1. The topological polar surface area (TPSA) is 74.3 Å². The number of benzene rings is 2. The number of nitrogens with zero attached hydrogens (tertiary/aromatic N) is 2. The largest absolute Gasteiger partial charge is 0.469 e. The first kappa shape index (κ1) is 30.8. The highest BCUT2D eigenvalue weighted by molar-refractivity contribution is 6.07. The van der Waals surface area contributed by atoms with Crippen molar-refractivity contribution in [3.63, 3.8) is 0 Å². The average Bonchev–Trinajstić information content (AvgIpc) is 3.72. The van der Waals surface area contributed by atoms with Gasteiger partial charge in [-0.3, -0.25) is 9.59 Å². The van der Waals surface area contributed by atoms with Gasteiger partial charge in [-0.1, -0.05) is 73.9 Å². The fraction of sp³-hybridized carbons (Fsp3) is 0.410. The number of ketones is 1. The van der Waals surface area contributed by atoms with Crippen LogP contribution < -0.4 is 0 Å². The van der Waals surface area contributed by atoms with E-state index in [0.717, 1.165) is 67.5 Å². The molecule has 2 heterocycles. The molecule has 6 nitrogen and oxygen atoms in total. The van der Waals surface area contributed by atoms with Gasteiger partial charge in [0, 0.05) is 11.1 Å². The number of rotatable bonds is 9. The van der Waals surface area contributed by atoms with Crippen LogP contribution in [-0.4, -0.2) is 28.6 Å². The standard InChI is InChI=1S/C39H44N2O4/c1-6-27-14-16-28(17-15-27)33-25-32(40-41(33)30-11-8-7-9-12-30)35(42)36-29(21-24-45-36)18-19-31-26(2)13-20-34-38(31,3)22-10-23-39(34,4)37(43)44-5/h7-9,11-12,14-17,21,24-25,34H,6,10,13,18-20,22-23H2,1-5H3/t34-,38-,39+/m1/s1. The van der Waals surface area contributed by atoms with Crippen molar-refractivity contribution in [2.45, 2.75) is 79.1 Å². The molecule has 0 N–H and O–H groups in total. The van der Waals surface area contributed by atoms with Crippen molar-refractivity contribution in [2.75, 3.05) is 7.11 Å². The van der Waals surface area contributed by atoms with Crippen molar-refractivity contribution < 1.29 is 18.7 Å². The van der Waals surface area contributed by atoms with E-state index in [1.54, 1.807) is 6.26 Å². The van der Waals surface area contributed by atoms with Gasteiger partial charge in [0.2, 0.25) is 5.78 Å². The van der Waals surface area contributed by atoms with E-state index >= 15 is 0 Å². The average molecular weight is 605 g/mol. The molecule has 2 aromatic carbocycles. The maximum atomic E-state index is 14.0. The fourth-order valence-corrected chi connectivity index (χ4v) is 8.33. The number of fused-ring (bicyclic) bond motifs is 1. The van der Waals surface area contributed by atoms with Crippen molar-refractivity contribution in [1.82, 2.24) is 9.78 Å². The van der Waals surface area contributed by atoms with Crippen LogP contribution in [0.1, 0.15) is 93.6 Å². The quantitative estimate of drug-likeness (QED) is 0.108. The summed E-state index contributed by atoms with van der Waals surface area (Å²) in [6.07, 6.45) is 9.00. The second-order valence-electron chi connectivity index (χ2n) is 13.3. The van der Waals surface area contributed by atoms with Gasteiger partial charge in [0.25, 0.3) is 0 Å². The number of hydrogen-bond donors (Lipinski definition) is 0. The number of methoxy groups -OCH3 is 1. The maximum absolute atomic E-state index is 14.0. The minimum Gasteiger partial charge on any atom is -0.469 e. The Bertz CT molecular complexity index is 1730. The molecule has 0 unspecified atom stereocenters. The van der Waals surface area contributed by atoms with E-state index in [4.69, 9.17) is 14.3 Å². The normalized spacial score (nSPS) is 23.1. The smallest absolute Gasteiger partial charge is 0.311 e. The van der Waals surface area contributed by atoms with Gasteiger partial charge in [0.1, 0.15) is 5.69 Å². The van der Waals surface area contributed by atoms with Crippen molar-refractivity contribution in [1.29, 1.82) is 0 Å². The number of esters is 1. The maximum Gasteiger partial charge on any atom is 0.311 e. The van der Waals surface area contributed by atoms with Crippen LogP contribution in [0, 0.1) is 16.7 Å². The number of carbonyl (C=O) groups excluding carboxylic acids is 2. The van der Waals surface area contributed by atoms with Gasteiger partial charge in [-0.2, -0.15) is 5.10 Å². The predicted octanol–water partition coefficient (Wildman–Crippen LogP) is 8.95. The second kappa shape index (κ2) is 12.3. The van der Waals surface area contributed by atoms with Crippen LogP contribution in [-0.2, 0) is 22.4 Å². The zero-order valence-corrected chi connectivity index (χ0v) is 27.2. The summed E-state index contributed by atoms with van der Waals surface area (Å²) in [6, 6.07) is 22.1. The summed E-state index contributed by atoms with van der Waals surface area (Å²) >= 11 is 0. The molecule has 1 fully saturated rings. The highest BCUT2D eigenvalue weighted by Gasteiger charge is 2.55. The van der Waals surface area contributed by atoms with Crippen LogP contribution in [0.15, 0.2) is 88.6 Å². The molecule has 2 aliphatic carbocycles. The van der Waals surface area contributed by atoms with Gasteiger partial charge in [-0.05, 0) is 100.0 Å². The Balaban J connectivity index is 1.29. The summed E-state index contributed by atoms with van der Waals surface area (Å²) in [5.41, 5.74) is 7.53. The Morgan fingerprint density at radius 3 is 2.49 bits per heavy atom. The van der Waals surface area contributed by atoms with Gasteiger partial charge < -0.3 is 9.15 Å². The summed E-state index contributed by atoms with van der Waals surface area (Å²) in [5.74, 6) is 0.280. The zero-order chi connectivity index (χ0) is 31.8. The molecule has 0 spiro atoms. The molecule has 0 bridgehead atoms. The first-order chi connectivity index (χ1) is 21.7. The first-order valence-electron chi connectivity index (χ1n) is 16.3. The number of carbonyl (C=O) groups is 2. The van der Waals surface area contributed by atoms with Gasteiger partial charge >= 0.3 is 5.97 Å². The molecule has 2 aliphatic rings. The van der Waals surface area contributed by atoms with Crippen molar-refractivity contribution in [3.05, 3.63) is 107 Å². The minimum absolute atomic E-state index is 0.0753. The van der Waals surface area contributed by atoms with E-state index in [9.17, 15) is 9.59 Å². The van der Waals surface area contributed by atoms with Crippen molar-refractivity contribution >= 4 is 11.8 Å². The Labute approximate surface area is 266 Å². The van der Waals surface area contributed by atoms with Gasteiger partial charge in [0.05, 0.1) is 30.2 Å². The summed E-state index contributed by atoms with van der Waals surface area (Å²) in [7, 11) is 1.51. The molecular formula is C39H44N2O4. The molecule has 0 saturated heterocycles.